The predicted octanol–water partition coefficient (Wildman–Crippen LogP) is 4.74. The number of nitrogens with one attached hydrogen (secondary N) is 1. The van der Waals surface area contributed by atoms with Crippen LogP contribution in [0.2, 0.25) is 0 Å². The van der Waals surface area contributed by atoms with Crippen molar-refractivity contribution in [3.63, 3.8) is 0 Å². The van der Waals surface area contributed by atoms with Crippen molar-refractivity contribution in [3.8, 4) is 16.9 Å². The van der Waals surface area contributed by atoms with E-state index in [1.807, 2.05) is 78.7 Å². The van der Waals surface area contributed by atoms with Crippen LogP contribution < -0.4 is 10.1 Å². The molecular formula is C24H26N2O2. The average Bonchev–Trinajstić information content (AvgIpc) is 2.69. The number of benzene rings is 3. The van der Waals surface area contributed by atoms with Crippen LogP contribution in [-0.2, 0) is 11.3 Å². The highest BCUT2D eigenvalue weighted by molar-refractivity contribution is 5.96. The Labute approximate surface area is 166 Å². The van der Waals surface area contributed by atoms with Crippen LogP contribution in [0.3, 0.4) is 0 Å². The van der Waals surface area contributed by atoms with Crippen molar-refractivity contribution in [1.82, 2.24) is 4.90 Å². The number of anilines is 1. The number of rotatable bonds is 7. The van der Waals surface area contributed by atoms with Crippen LogP contribution in [0.1, 0.15) is 11.1 Å². The van der Waals surface area contributed by atoms with Crippen molar-refractivity contribution in [2.75, 3.05) is 26.0 Å². The summed E-state index contributed by atoms with van der Waals surface area (Å²) in [6.45, 7) is 2.98. The van der Waals surface area contributed by atoms with Crippen molar-refractivity contribution < 1.29 is 9.53 Å². The van der Waals surface area contributed by atoms with Crippen LogP contribution in [0.25, 0.3) is 11.1 Å². The number of methoxy groups -OCH3 is 1. The van der Waals surface area contributed by atoms with E-state index in [-0.39, 0.29) is 5.91 Å². The van der Waals surface area contributed by atoms with E-state index in [1.165, 1.54) is 5.56 Å². The topological polar surface area (TPSA) is 41.6 Å². The highest BCUT2D eigenvalue weighted by Crippen LogP contribution is 2.27. The Morgan fingerprint density at radius 2 is 1.71 bits per heavy atom. The third-order valence-corrected chi connectivity index (χ3v) is 4.58. The van der Waals surface area contributed by atoms with Gasteiger partial charge < -0.3 is 10.1 Å². The molecular weight excluding hydrogens is 348 g/mol. The van der Waals surface area contributed by atoms with E-state index in [4.69, 9.17) is 4.74 Å². The molecule has 0 radical (unpaired) electrons. The average molecular weight is 374 g/mol. The first-order valence-corrected chi connectivity index (χ1v) is 9.33. The summed E-state index contributed by atoms with van der Waals surface area (Å²) in [5.41, 5.74) is 5.16. The number of hydrogen-bond donors (Lipinski definition) is 1. The molecule has 4 heteroatoms. The molecule has 0 aromatic heterocycles. The first-order valence-electron chi connectivity index (χ1n) is 9.33. The molecule has 0 aliphatic heterocycles. The molecule has 3 aromatic rings. The van der Waals surface area contributed by atoms with Gasteiger partial charge in [-0.15, -0.1) is 0 Å². The fourth-order valence-corrected chi connectivity index (χ4v) is 3.27. The predicted molar refractivity (Wildman–Crippen MR) is 115 cm³/mol. The summed E-state index contributed by atoms with van der Waals surface area (Å²) in [5.74, 6) is 0.796. The van der Waals surface area contributed by atoms with Crippen LogP contribution in [0.5, 0.6) is 5.75 Å². The van der Waals surface area contributed by atoms with Gasteiger partial charge in [-0.1, -0.05) is 66.2 Å². The van der Waals surface area contributed by atoms with Gasteiger partial charge in [-0.25, -0.2) is 0 Å². The SMILES string of the molecule is COc1ccc(C)cc1CN(C)CC(=O)Nc1ccccc1-c1ccccc1. The molecule has 0 heterocycles. The molecule has 3 rings (SSSR count). The van der Waals surface area contributed by atoms with Crippen LogP contribution in [0, 0.1) is 6.92 Å². The zero-order valence-electron chi connectivity index (χ0n) is 16.6. The summed E-state index contributed by atoms with van der Waals surface area (Å²) in [5, 5.41) is 3.05. The fraction of sp³-hybridized carbons (Fsp3) is 0.208. The molecule has 28 heavy (non-hydrogen) atoms. The number of carbonyl (C=O) groups excluding carboxylic acids is 1. The molecule has 0 saturated carbocycles. The normalized spacial score (nSPS) is 10.7. The van der Waals surface area contributed by atoms with Gasteiger partial charge in [0.2, 0.25) is 5.91 Å². The molecule has 0 aliphatic carbocycles. The minimum atomic E-state index is -0.0440. The Bertz CT molecular complexity index is 938. The van der Waals surface area contributed by atoms with Gasteiger partial charge >= 0.3 is 0 Å². The van der Waals surface area contributed by atoms with Gasteiger partial charge in [0.05, 0.1) is 13.7 Å². The van der Waals surface area contributed by atoms with Crippen molar-refractivity contribution in [3.05, 3.63) is 83.9 Å². The van der Waals surface area contributed by atoms with Gasteiger partial charge in [-0.2, -0.15) is 0 Å². The number of amides is 1. The van der Waals surface area contributed by atoms with Crippen LogP contribution in [0.4, 0.5) is 5.69 Å². The zero-order chi connectivity index (χ0) is 19.9. The second-order valence-corrected chi connectivity index (χ2v) is 6.95. The first-order chi connectivity index (χ1) is 13.6. The second-order valence-electron chi connectivity index (χ2n) is 6.95. The molecule has 0 bridgehead atoms. The Morgan fingerprint density at radius 1 is 1.00 bits per heavy atom. The van der Waals surface area contributed by atoms with Gasteiger partial charge in [-0.05, 0) is 31.7 Å². The molecule has 0 spiro atoms. The number of aryl methyl sites for hydroxylation is 1. The number of para-hydroxylation sites is 1. The summed E-state index contributed by atoms with van der Waals surface area (Å²) < 4.78 is 5.44. The van der Waals surface area contributed by atoms with Gasteiger partial charge in [0.15, 0.2) is 0 Å². The highest BCUT2D eigenvalue weighted by atomic mass is 16.5. The van der Waals surface area contributed by atoms with Gasteiger partial charge in [0, 0.05) is 23.4 Å². The Morgan fingerprint density at radius 3 is 2.46 bits per heavy atom. The summed E-state index contributed by atoms with van der Waals surface area (Å²) >= 11 is 0. The summed E-state index contributed by atoms with van der Waals surface area (Å²) in [6.07, 6.45) is 0. The molecule has 4 nitrogen and oxygen atoms in total. The van der Waals surface area contributed by atoms with Gasteiger partial charge in [0.25, 0.3) is 0 Å². The second kappa shape index (κ2) is 9.20. The van der Waals surface area contributed by atoms with Gasteiger partial charge in [0.1, 0.15) is 5.75 Å². The van der Waals surface area contributed by atoms with Crippen LogP contribution in [-0.4, -0.2) is 31.5 Å². The lowest BCUT2D eigenvalue weighted by molar-refractivity contribution is -0.117. The minimum absolute atomic E-state index is 0.0440. The largest absolute Gasteiger partial charge is 0.496 e. The van der Waals surface area contributed by atoms with Crippen LogP contribution >= 0.6 is 0 Å². The van der Waals surface area contributed by atoms with E-state index in [0.29, 0.717) is 13.1 Å². The molecule has 1 amide bonds. The van der Waals surface area contributed by atoms with E-state index in [0.717, 1.165) is 28.1 Å². The molecule has 1 N–H and O–H groups in total. The van der Waals surface area contributed by atoms with Crippen molar-refractivity contribution in [2.24, 2.45) is 0 Å². The molecule has 0 unspecified atom stereocenters. The van der Waals surface area contributed by atoms with Crippen molar-refractivity contribution in [1.29, 1.82) is 0 Å². The standard InChI is InChI=1S/C24H26N2O2/c1-18-13-14-23(28-3)20(15-18)16-26(2)17-24(27)25-22-12-8-7-11-21(22)19-9-5-4-6-10-19/h4-15H,16-17H2,1-3H3,(H,25,27). The van der Waals surface area contributed by atoms with E-state index in [9.17, 15) is 4.79 Å². The number of carbonyl (C=O) groups is 1. The highest BCUT2D eigenvalue weighted by Gasteiger charge is 2.12. The monoisotopic (exact) mass is 374 g/mol. The minimum Gasteiger partial charge on any atom is -0.496 e. The zero-order valence-corrected chi connectivity index (χ0v) is 16.6. The van der Waals surface area contributed by atoms with E-state index < -0.39 is 0 Å². The molecule has 0 fully saturated rings. The lowest BCUT2D eigenvalue weighted by atomic mass is 10.0. The maximum atomic E-state index is 12.6. The maximum Gasteiger partial charge on any atom is 0.238 e. The van der Waals surface area contributed by atoms with E-state index >= 15 is 0 Å². The number of nitrogens with zero attached hydrogens (tertiary/aromatic N) is 1. The van der Waals surface area contributed by atoms with Crippen molar-refractivity contribution in [2.45, 2.75) is 13.5 Å². The first kappa shape index (κ1) is 19.6. The molecule has 0 aliphatic rings. The fourth-order valence-electron chi connectivity index (χ4n) is 3.27. The summed E-state index contributed by atoms with van der Waals surface area (Å²) in [7, 11) is 3.60. The summed E-state index contributed by atoms with van der Waals surface area (Å²) in [4.78, 5) is 14.6. The van der Waals surface area contributed by atoms with Crippen molar-refractivity contribution >= 4 is 11.6 Å². The Balaban J connectivity index is 1.67. The lowest BCUT2D eigenvalue weighted by Crippen LogP contribution is -2.30. The number of ether oxygens (including phenoxy) is 1. The van der Waals surface area contributed by atoms with Gasteiger partial charge in [-0.3, -0.25) is 9.69 Å². The lowest BCUT2D eigenvalue weighted by Gasteiger charge is -2.19. The number of likely N-dealkylation sites (N-methyl/N-ethyl adjacent to an activating group) is 1. The molecule has 3 aromatic carbocycles. The summed E-state index contributed by atoms with van der Waals surface area (Å²) in [6, 6.07) is 24.0. The smallest absolute Gasteiger partial charge is 0.238 e. The Hall–Kier alpha value is -3.11. The number of hydrogen-bond acceptors (Lipinski definition) is 3. The van der Waals surface area contributed by atoms with E-state index in [2.05, 4.69) is 18.3 Å². The maximum absolute atomic E-state index is 12.6. The Kier molecular flexibility index (Phi) is 6.45. The van der Waals surface area contributed by atoms with E-state index in [1.54, 1.807) is 7.11 Å². The van der Waals surface area contributed by atoms with Crippen LogP contribution in [0.15, 0.2) is 72.8 Å². The third-order valence-electron chi connectivity index (χ3n) is 4.58. The quantitative estimate of drug-likeness (QED) is 0.649. The molecule has 144 valence electrons. The molecule has 0 atom stereocenters. The third kappa shape index (κ3) is 4.99. The molecule has 0 saturated heterocycles.